The Balaban J connectivity index is 1.97. The summed E-state index contributed by atoms with van der Waals surface area (Å²) < 4.78 is 15.4. The standard InChI is InChI=1S/C19H20O5/c1-12-5-6-13(2)18(14(12)3)23-11-17(20)24-16-9-7-15(8-10-16)19(21)22-4/h5-10H,11H2,1-4H3. The smallest absolute Gasteiger partial charge is 0.349 e. The van der Waals surface area contributed by atoms with Gasteiger partial charge in [0, 0.05) is 0 Å². The Morgan fingerprint density at radius 3 is 2.17 bits per heavy atom. The zero-order valence-corrected chi connectivity index (χ0v) is 14.2. The molecular formula is C19H20O5. The average molecular weight is 328 g/mol. The molecule has 24 heavy (non-hydrogen) atoms. The third-order valence-electron chi connectivity index (χ3n) is 3.72. The third-order valence-corrected chi connectivity index (χ3v) is 3.72. The van der Waals surface area contributed by atoms with Crippen molar-refractivity contribution < 1.29 is 23.8 Å². The van der Waals surface area contributed by atoms with Gasteiger partial charge in [-0.3, -0.25) is 0 Å². The van der Waals surface area contributed by atoms with E-state index in [0.29, 0.717) is 17.1 Å². The fourth-order valence-electron chi connectivity index (χ4n) is 2.22. The van der Waals surface area contributed by atoms with Gasteiger partial charge in [-0.25, -0.2) is 9.59 Å². The molecule has 5 nitrogen and oxygen atoms in total. The molecule has 0 heterocycles. The lowest BCUT2D eigenvalue weighted by Gasteiger charge is -2.13. The second-order valence-corrected chi connectivity index (χ2v) is 5.43. The Bertz CT molecular complexity index is 747. The molecule has 126 valence electrons. The van der Waals surface area contributed by atoms with Crippen molar-refractivity contribution in [2.75, 3.05) is 13.7 Å². The zero-order valence-electron chi connectivity index (χ0n) is 14.2. The van der Waals surface area contributed by atoms with Crippen LogP contribution < -0.4 is 9.47 Å². The van der Waals surface area contributed by atoms with E-state index in [2.05, 4.69) is 4.74 Å². The zero-order chi connectivity index (χ0) is 17.7. The number of hydrogen-bond acceptors (Lipinski definition) is 5. The van der Waals surface area contributed by atoms with Crippen LogP contribution >= 0.6 is 0 Å². The number of carbonyl (C=O) groups is 2. The average Bonchev–Trinajstić information content (AvgIpc) is 2.58. The highest BCUT2D eigenvalue weighted by atomic mass is 16.6. The van der Waals surface area contributed by atoms with E-state index in [1.807, 2.05) is 32.9 Å². The summed E-state index contributed by atoms with van der Waals surface area (Å²) in [6.07, 6.45) is 0. The van der Waals surface area contributed by atoms with Crippen LogP contribution in [0.15, 0.2) is 36.4 Å². The van der Waals surface area contributed by atoms with Crippen LogP contribution in [0.4, 0.5) is 0 Å². The van der Waals surface area contributed by atoms with E-state index in [9.17, 15) is 9.59 Å². The van der Waals surface area contributed by atoms with Crippen molar-refractivity contribution in [2.45, 2.75) is 20.8 Å². The van der Waals surface area contributed by atoms with Crippen LogP contribution in [0.25, 0.3) is 0 Å². The minimum absolute atomic E-state index is 0.191. The van der Waals surface area contributed by atoms with Crippen molar-refractivity contribution >= 4 is 11.9 Å². The van der Waals surface area contributed by atoms with Crippen molar-refractivity contribution in [3.63, 3.8) is 0 Å². The van der Waals surface area contributed by atoms with Crippen LogP contribution in [-0.2, 0) is 9.53 Å². The maximum absolute atomic E-state index is 11.9. The van der Waals surface area contributed by atoms with Crippen LogP contribution in [-0.4, -0.2) is 25.7 Å². The lowest BCUT2D eigenvalue weighted by atomic mass is 10.1. The predicted molar refractivity (Wildman–Crippen MR) is 89.6 cm³/mol. The highest BCUT2D eigenvalue weighted by Crippen LogP contribution is 2.25. The first-order valence-electron chi connectivity index (χ1n) is 7.51. The van der Waals surface area contributed by atoms with Crippen LogP contribution in [0, 0.1) is 20.8 Å². The van der Waals surface area contributed by atoms with Gasteiger partial charge in [0.05, 0.1) is 12.7 Å². The first-order valence-corrected chi connectivity index (χ1v) is 7.51. The Morgan fingerprint density at radius 1 is 0.917 bits per heavy atom. The summed E-state index contributed by atoms with van der Waals surface area (Å²) in [7, 11) is 1.31. The molecular weight excluding hydrogens is 308 g/mol. The van der Waals surface area contributed by atoms with Gasteiger partial charge < -0.3 is 14.2 Å². The van der Waals surface area contributed by atoms with E-state index in [0.717, 1.165) is 16.7 Å². The molecule has 2 rings (SSSR count). The lowest BCUT2D eigenvalue weighted by molar-refractivity contribution is -0.136. The maximum atomic E-state index is 11.9. The van der Waals surface area contributed by atoms with Gasteiger partial charge in [0.15, 0.2) is 6.61 Å². The van der Waals surface area contributed by atoms with Gasteiger partial charge in [-0.05, 0) is 61.7 Å². The largest absolute Gasteiger partial charge is 0.481 e. The Labute approximate surface area is 141 Å². The molecule has 0 radical (unpaired) electrons. The first kappa shape index (κ1) is 17.5. The second kappa shape index (κ2) is 7.64. The molecule has 0 amide bonds. The monoisotopic (exact) mass is 328 g/mol. The molecule has 0 aromatic heterocycles. The molecule has 2 aromatic rings. The molecule has 0 bridgehead atoms. The first-order chi connectivity index (χ1) is 11.4. The van der Waals surface area contributed by atoms with E-state index in [-0.39, 0.29) is 6.61 Å². The summed E-state index contributed by atoms with van der Waals surface area (Å²) in [4.78, 5) is 23.3. The summed E-state index contributed by atoms with van der Waals surface area (Å²) >= 11 is 0. The predicted octanol–water partition coefficient (Wildman–Crippen LogP) is 3.38. The minimum atomic E-state index is -0.513. The molecule has 0 saturated heterocycles. The van der Waals surface area contributed by atoms with Gasteiger partial charge in [-0.2, -0.15) is 0 Å². The molecule has 0 aliphatic carbocycles. The van der Waals surface area contributed by atoms with Crippen LogP contribution in [0.3, 0.4) is 0 Å². The summed E-state index contributed by atoms with van der Waals surface area (Å²) in [5, 5.41) is 0. The summed E-state index contributed by atoms with van der Waals surface area (Å²) in [6, 6.07) is 10.1. The van der Waals surface area contributed by atoms with Crippen molar-refractivity contribution in [1.82, 2.24) is 0 Å². The topological polar surface area (TPSA) is 61.8 Å². The van der Waals surface area contributed by atoms with Crippen LogP contribution in [0.2, 0.25) is 0 Å². The lowest BCUT2D eigenvalue weighted by Crippen LogP contribution is -2.18. The van der Waals surface area contributed by atoms with Gasteiger partial charge >= 0.3 is 11.9 Å². The number of ether oxygens (including phenoxy) is 3. The van der Waals surface area contributed by atoms with Gasteiger partial charge in [-0.1, -0.05) is 12.1 Å². The Kier molecular flexibility index (Phi) is 5.58. The number of esters is 2. The molecule has 0 aliphatic heterocycles. The fourth-order valence-corrected chi connectivity index (χ4v) is 2.22. The van der Waals surface area contributed by atoms with E-state index in [1.165, 1.54) is 31.4 Å². The molecule has 0 spiro atoms. The van der Waals surface area contributed by atoms with Gasteiger partial charge in [0.1, 0.15) is 11.5 Å². The van der Waals surface area contributed by atoms with Crippen molar-refractivity contribution in [1.29, 1.82) is 0 Å². The highest BCUT2D eigenvalue weighted by molar-refractivity contribution is 5.89. The van der Waals surface area contributed by atoms with Gasteiger partial charge in [-0.15, -0.1) is 0 Å². The Hall–Kier alpha value is -2.82. The number of rotatable bonds is 5. The number of hydrogen-bond donors (Lipinski definition) is 0. The summed E-state index contributed by atoms with van der Waals surface area (Å²) in [5.41, 5.74) is 3.46. The van der Waals surface area contributed by atoms with Gasteiger partial charge in [0.2, 0.25) is 0 Å². The van der Waals surface area contributed by atoms with Crippen molar-refractivity contribution in [3.05, 3.63) is 58.7 Å². The maximum Gasteiger partial charge on any atom is 0.349 e. The molecule has 0 N–H and O–H groups in total. The van der Waals surface area contributed by atoms with Crippen LogP contribution in [0.1, 0.15) is 27.0 Å². The highest BCUT2D eigenvalue weighted by Gasteiger charge is 2.11. The molecule has 0 saturated carbocycles. The summed E-state index contributed by atoms with van der Waals surface area (Å²) in [5.74, 6) is 0.0876. The molecule has 0 unspecified atom stereocenters. The normalized spacial score (nSPS) is 10.2. The summed E-state index contributed by atoms with van der Waals surface area (Å²) in [6.45, 7) is 5.68. The van der Waals surface area contributed by atoms with Crippen molar-refractivity contribution in [2.24, 2.45) is 0 Å². The minimum Gasteiger partial charge on any atom is -0.481 e. The second-order valence-electron chi connectivity index (χ2n) is 5.43. The molecule has 0 aliphatic rings. The van der Waals surface area contributed by atoms with Crippen LogP contribution in [0.5, 0.6) is 11.5 Å². The number of carbonyl (C=O) groups excluding carboxylic acids is 2. The molecule has 2 aromatic carbocycles. The quantitative estimate of drug-likeness (QED) is 0.622. The van der Waals surface area contributed by atoms with E-state index in [1.54, 1.807) is 0 Å². The molecule has 5 heteroatoms. The third kappa shape index (κ3) is 4.13. The Morgan fingerprint density at radius 2 is 1.54 bits per heavy atom. The number of benzene rings is 2. The number of aryl methyl sites for hydroxylation is 2. The van der Waals surface area contributed by atoms with E-state index >= 15 is 0 Å². The number of methoxy groups -OCH3 is 1. The SMILES string of the molecule is COC(=O)c1ccc(OC(=O)COc2c(C)ccc(C)c2C)cc1. The van der Waals surface area contributed by atoms with E-state index < -0.39 is 11.9 Å². The molecule has 0 atom stereocenters. The van der Waals surface area contributed by atoms with E-state index in [4.69, 9.17) is 9.47 Å². The fraction of sp³-hybridized carbons (Fsp3) is 0.263. The van der Waals surface area contributed by atoms with Crippen molar-refractivity contribution in [3.8, 4) is 11.5 Å². The van der Waals surface area contributed by atoms with Gasteiger partial charge in [0.25, 0.3) is 0 Å². The molecule has 0 fully saturated rings.